The highest BCUT2D eigenvalue weighted by molar-refractivity contribution is 7.99. The lowest BCUT2D eigenvalue weighted by molar-refractivity contribution is -0.126. The Labute approximate surface area is 231 Å². The molecule has 1 aliphatic rings. The van der Waals surface area contributed by atoms with Gasteiger partial charge in [-0.3, -0.25) is 19.0 Å². The van der Waals surface area contributed by atoms with Crippen LogP contribution in [0.1, 0.15) is 37.0 Å². The maximum Gasteiger partial charge on any atom is 0.262 e. The van der Waals surface area contributed by atoms with Gasteiger partial charge in [0, 0.05) is 19.0 Å². The molecule has 5 rings (SSSR count). The van der Waals surface area contributed by atoms with Gasteiger partial charge in [0.2, 0.25) is 11.8 Å². The van der Waals surface area contributed by atoms with Crippen molar-refractivity contribution in [2.24, 2.45) is 11.8 Å². The summed E-state index contributed by atoms with van der Waals surface area (Å²) < 4.78 is 6.98. The van der Waals surface area contributed by atoms with Crippen LogP contribution < -0.4 is 16.2 Å². The zero-order valence-corrected chi connectivity index (χ0v) is 22.5. The van der Waals surface area contributed by atoms with Gasteiger partial charge in [-0.25, -0.2) is 4.98 Å². The monoisotopic (exact) mass is 544 g/mol. The van der Waals surface area contributed by atoms with E-state index in [4.69, 9.17) is 9.40 Å². The molecule has 0 unspecified atom stereocenters. The summed E-state index contributed by atoms with van der Waals surface area (Å²) in [5.41, 5.74) is 1.61. The number of carbonyl (C=O) groups is 2. The van der Waals surface area contributed by atoms with E-state index in [2.05, 4.69) is 10.6 Å². The molecule has 0 aliphatic heterocycles. The Kier molecular flexibility index (Phi) is 8.78. The van der Waals surface area contributed by atoms with Gasteiger partial charge in [0.1, 0.15) is 5.76 Å². The van der Waals surface area contributed by atoms with Crippen LogP contribution in [-0.4, -0.2) is 27.1 Å². The molecule has 0 radical (unpaired) electrons. The molecular formula is C30H32N4O4S. The second kappa shape index (κ2) is 12.8. The van der Waals surface area contributed by atoms with Crippen molar-refractivity contribution in [3.05, 3.63) is 94.7 Å². The maximum atomic E-state index is 13.5. The Morgan fingerprint density at radius 3 is 2.46 bits per heavy atom. The average Bonchev–Trinajstić information content (AvgIpc) is 3.50. The van der Waals surface area contributed by atoms with E-state index in [0.29, 0.717) is 41.5 Å². The van der Waals surface area contributed by atoms with Crippen molar-refractivity contribution in [2.75, 3.05) is 5.75 Å². The van der Waals surface area contributed by atoms with Gasteiger partial charge in [-0.2, -0.15) is 0 Å². The quantitative estimate of drug-likeness (QED) is 0.225. The van der Waals surface area contributed by atoms with Crippen LogP contribution in [-0.2, 0) is 29.2 Å². The van der Waals surface area contributed by atoms with E-state index < -0.39 is 0 Å². The van der Waals surface area contributed by atoms with Crippen LogP contribution in [0.15, 0.2) is 87.4 Å². The van der Waals surface area contributed by atoms with Crippen LogP contribution in [0.3, 0.4) is 0 Å². The highest BCUT2D eigenvalue weighted by atomic mass is 32.2. The number of aromatic nitrogens is 2. The van der Waals surface area contributed by atoms with Gasteiger partial charge < -0.3 is 15.1 Å². The van der Waals surface area contributed by atoms with Crippen molar-refractivity contribution >= 4 is 34.5 Å². The van der Waals surface area contributed by atoms with Crippen molar-refractivity contribution < 1.29 is 14.0 Å². The van der Waals surface area contributed by atoms with E-state index in [-0.39, 0.29) is 35.0 Å². The lowest BCUT2D eigenvalue weighted by Crippen LogP contribution is -2.34. The number of hydrogen-bond acceptors (Lipinski definition) is 6. The summed E-state index contributed by atoms with van der Waals surface area (Å²) in [5, 5.41) is 7.01. The molecule has 9 heteroatoms. The number of fused-ring (bicyclic) bond motifs is 1. The predicted octanol–water partition coefficient (Wildman–Crippen LogP) is 4.52. The number of furan rings is 1. The first-order valence-electron chi connectivity index (χ1n) is 13.3. The van der Waals surface area contributed by atoms with Crippen molar-refractivity contribution in [3.8, 4) is 0 Å². The molecule has 1 aliphatic carbocycles. The van der Waals surface area contributed by atoms with E-state index in [9.17, 15) is 14.4 Å². The van der Waals surface area contributed by atoms with Crippen molar-refractivity contribution in [2.45, 2.75) is 50.5 Å². The molecule has 202 valence electrons. The molecule has 2 aromatic carbocycles. The van der Waals surface area contributed by atoms with E-state index in [0.717, 1.165) is 31.2 Å². The zero-order valence-electron chi connectivity index (χ0n) is 21.7. The van der Waals surface area contributed by atoms with Gasteiger partial charge in [0.05, 0.1) is 29.5 Å². The summed E-state index contributed by atoms with van der Waals surface area (Å²) in [6.07, 6.45) is 4.86. The number of amides is 2. The van der Waals surface area contributed by atoms with Crippen LogP contribution >= 0.6 is 11.8 Å². The zero-order chi connectivity index (χ0) is 27.0. The first kappa shape index (κ1) is 26.7. The molecule has 8 nitrogen and oxygen atoms in total. The van der Waals surface area contributed by atoms with E-state index in [1.54, 1.807) is 29.0 Å². The highest BCUT2D eigenvalue weighted by Crippen LogP contribution is 2.31. The number of rotatable bonds is 10. The van der Waals surface area contributed by atoms with Gasteiger partial charge in [-0.05, 0) is 61.4 Å². The average molecular weight is 545 g/mol. The summed E-state index contributed by atoms with van der Waals surface area (Å²) in [6, 6.07) is 20.8. The van der Waals surface area contributed by atoms with Crippen molar-refractivity contribution in [1.29, 1.82) is 0 Å². The number of para-hydroxylation sites is 1. The third-order valence-corrected chi connectivity index (χ3v) is 8.14. The van der Waals surface area contributed by atoms with Crippen LogP contribution in [0, 0.1) is 11.8 Å². The molecular weight excluding hydrogens is 512 g/mol. The van der Waals surface area contributed by atoms with Crippen LogP contribution in [0.5, 0.6) is 0 Å². The van der Waals surface area contributed by atoms with Gasteiger partial charge >= 0.3 is 0 Å². The third-order valence-electron chi connectivity index (χ3n) is 7.17. The van der Waals surface area contributed by atoms with Gasteiger partial charge in [0.15, 0.2) is 5.16 Å². The standard InChI is InChI=1S/C30H32N4O4S/c35-27(31-18-24-9-6-16-38-24)20-39-30-33-26-11-5-4-10-25(26)29(37)34(30)19-22-12-14-23(15-13-22)28(36)32-17-21-7-2-1-3-8-21/h1-11,16,22-23H,12-15,17-20H2,(H,31,35)(H,32,36). The number of benzene rings is 2. The molecule has 2 amide bonds. The van der Waals surface area contributed by atoms with E-state index in [1.807, 2.05) is 48.5 Å². The molecule has 2 aromatic heterocycles. The first-order valence-corrected chi connectivity index (χ1v) is 14.3. The minimum atomic E-state index is -0.160. The van der Waals surface area contributed by atoms with E-state index in [1.165, 1.54) is 11.8 Å². The van der Waals surface area contributed by atoms with Crippen molar-refractivity contribution in [3.63, 3.8) is 0 Å². The number of hydrogen-bond donors (Lipinski definition) is 2. The van der Waals surface area contributed by atoms with Crippen LogP contribution in [0.2, 0.25) is 0 Å². The smallest absolute Gasteiger partial charge is 0.262 e. The summed E-state index contributed by atoms with van der Waals surface area (Å²) in [6.45, 7) is 1.37. The lowest BCUT2D eigenvalue weighted by Gasteiger charge is -2.28. The Morgan fingerprint density at radius 2 is 1.69 bits per heavy atom. The fraction of sp³-hybridized carbons (Fsp3) is 0.333. The summed E-state index contributed by atoms with van der Waals surface area (Å²) in [7, 11) is 0. The molecule has 2 heterocycles. The number of nitrogens with one attached hydrogen (secondary N) is 2. The Bertz CT molecular complexity index is 1460. The second-order valence-electron chi connectivity index (χ2n) is 9.89. The molecule has 39 heavy (non-hydrogen) atoms. The fourth-order valence-electron chi connectivity index (χ4n) is 4.99. The number of nitrogens with zero attached hydrogens (tertiary/aromatic N) is 2. The topological polar surface area (TPSA) is 106 Å². The van der Waals surface area contributed by atoms with Crippen LogP contribution in [0.25, 0.3) is 10.9 Å². The summed E-state index contributed by atoms with van der Waals surface area (Å²) >= 11 is 1.26. The molecule has 0 bridgehead atoms. The van der Waals surface area contributed by atoms with Crippen molar-refractivity contribution in [1.82, 2.24) is 20.2 Å². The molecule has 4 aromatic rings. The molecule has 0 spiro atoms. The molecule has 1 saturated carbocycles. The Morgan fingerprint density at radius 1 is 0.923 bits per heavy atom. The van der Waals surface area contributed by atoms with Gasteiger partial charge in [-0.15, -0.1) is 0 Å². The maximum absolute atomic E-state index is 13.5. The van der Waals surface area contributed by atoms with Gasteiger partial charge in [0.25, 0.3) is 5.56 Å². The Balaban J connectivity index is 1.21. The fourth-order valence-corrected chi connectivity index (χ4v) is 5.83. The van der Waals surface area contributed by atoms with E-state index >= 15 is 0 Å². The first-order chi connectivity index (χ1) is 19.1. The minimum absolute atomic E-state index is 0.0110. The largest absolute Gasteiger partial charge is 0.467 e. The summed E-state index contributed by atoms with van der Waals surface area (Å²) in [5.74, 6) is 1.00. The second-order valence-corrected chi connectivity index (χ2v) is 10.8. The Hall–Kier alpha value is -3.85. The predicted molar refractivity (Wildman–Crippen MR) is 151 cm³/mol. The number of carbonyl (C=O) groups excluding carboxylic acids is 2. The third kappa shape index (κ3) is 6.97. The lowest BCUT2D eigenvalue weighted by atomic mass is 9.81. The summed E-state index contributed by atoms with van der Waals surface area (Å²) in [4.78, 5) is 43.4. The molecule has 2 N–H and O–H groups in total. The molecule has 0 saturated heterocycles. The molecule has 0 atom stereocenters. The molecule has 1 fully saturated rings. The highest BCUT2D eigenvalue weighted by Gasteiger charge is 2.27. The number of thioether (sulfide) groups is 1. The normalized spacial score (nSPS) is 17.1. The minimum Gasteiger partial charge on any atom is -0.467 e. The van der Waals surface area contributed by atoms with Gasteiger partial charge in [-0.1, -0.05) is 54.2 Å². The van der Waals surface area contributed by atoms with Crippen LogP contribution in [0.4, 0.5) is 0 Å². The SMILES string of the molecule is O=C(CSc1nc2ccccc2c(=O)n1CC1CCC(C(=O)NCc2ccccc2)CC1)NCc1ccco1.